The maximum absolute atomic E-state index is 12.8. The van der Waals surface area contributed by atoms with Crippen molar-refractivity contribution in [1.29, 1.82) is 0 Å². The molecule has 10 heteroatoms. The standard InChI is InChI=1S/C21H18I2N2O5S/c1-3-30-15-6-4-14(5-7-15)24-18(26)11-25-20(27)17(31-21(25)28)9-12-8-13(22)10-16(23)19(12)29-2/h4-10H,3,11H2,1-2H3,(H,24,26)/b17-9+. The molecule has 0 saturated carbocycles. The van der Waals surface area contributed by atoms with E-state index in [9.17, 15) is 14.4 Å². The molecular weight excluding hydrogens is 646 g/mol. The Morgan fingerprint density at radius 1 is 1.19 bits per heavy atom. The van der Waals surface area contributed by atoms with Crippen molar-refractivity contribution in [2.75, 3.05) is 25.6 Å². The zero-order valence-electron chi connectivity index (χ0n) is 16.6. The molecule has 0 unspecified atom stereocenters. The average molecular weight is 664 g/mol. The van der Waals surface area contributed by atoms with E-state index in [-0.39, 0.29) is 11.4 Å². The molecule has 31 heavy (non-hydrogen) atoms. The number of carbonyl (C=O) groups excluding carboxylic acids is 3. The third-order valence-electron chi connectivity index (χ3n) is 4.15. The molecule has 0 radical (unpaired) electrons. The van der Waals surface area contributed by atoms with Crippen LogP contribution in [0, 0.1) is 7.14 Å². The van der Waals surface area contributed by atoms with Gasteiger partial charge in [0.15, 0.2) is 0 Å². The fourth-order valence-corrected chi connectivity index (χ4v) is 5.76. The van der Waals surface area contributed by atoms with E-state index < -0.39 is 17.1 Å². The first-order valence-corrected chi connectivity index (χ1v) is 12.1. The summed E-state index contributed by atoms with van der Waals surface area (Å²) in [5.74, 6) is 0.347. The molecule has 3 amide bonds. The van der Waals surface area contributed by atoms with Gasteiger partial charge in [0, 0.05) is 14.8 Å². The number of rotatable bonds is 7. The Bertz CT molecular complexity index is 1060. The Balaban J connectivity index is 1.72. The van der Waals surface area contributed by atoms with Crippen LogP contribution >= 0.6 is 56.9 Å². The minimum absolute atomic E-state index is 0.245. The van der Waals surface area contributed by atoms with Gasteiger partial charge in [0.2, 0.25) is 5.91 Å². The summed E-state index contributed by atoms with van der Waals surface area (Å²) in [7, 11) is 1.55. The fourth-order valence-electron chi connectivity index (χ4n) is 2.83. The van der Waals surface area contributed by atoms with Gasteiger partial charge in [-0.05, 0) is 106 Å². The van der Waals surface area contributed by atoms with Gasteiger partial charge in [-0.15, -0.1) is 0 Å². The number of methoxy groups -OCH3 is 1. The van der Waals surface area contributed by atoms with Crippen LogP contribution in [0.1, 0.15) is 12.5 Å². The van der Waals surface area contributed by atoms with E-state index in [0.29, 0.717) is 29.4 Å². The number of carbonyl (C=O) groups is 3. The van der Waals surface area contributed by atoms with Crippen LogP contribution in [0.4, 0.5) is 10.5 Å². The molecule has 0 aliphatic carbocycles. The van der Waals surface area contributed by atoms with E-state index >= 15 is 0 Å². The number of nitrogens with one attached hydrogen (secondary N) is 1. The summed E-state index contributed by atoms with van der Waals surface area (Å²) < 4.78 is 12.7. The van der Waals surface area contributed by atoms with Gasteiger partial charge in [-0.1, -0.05) is 0 Å². The second-order valence-corrected chi connectivity index (χ2v) is 9.68. The predicted molar refractivity (Wildman–Crippen MR) is 137 cm³/mol. The van der Waals surface area contributed by atoms with Gasteiger partial charge in [0.25, 0.3) is 11.1 Å². The molecule has 1 aliphatic rings. The summed E-state index contributed by atoms with van der Waals surface area (Å²) >= 11 is 5.14. The molecule has 0 aromatic heterocycles. The predicted octanol–water partition coefficient (Wildman–Crippen LogP) is 4.98. The molecule has 1 heterocycles. The Morgan fingerprint density at radius 2 is 1.90 bits per heavy atom. The maximum atomic E-state index is 12.8. The molecule has 2 aromatic rings. The van der Waals surface area contributed by atoms with Crippen LogP contribution in [0.15, 0.2) is 41.3 Å². The van der Waals surface area contributed by atoms with E-state index in [1.165, 1.54) is 0 Å². The fraction of sp³-hybridized carbons (Fsp3) is 0.190. The normalized spacial score (nSPS) is 14.8. The maximum Gasteiger partial charge on any atom is 0.294 e. The van der Waals surface area contributed by atoms with Crippen molar-refractivity contribution in [3.8, 4) is 11.5 Å². The van der Waals surface area contributed by atoms with E-state index in [1.807, 2.05) is 19.1 Å². The van der Waals surface area contributed by atoms with E-state index in [1.54, 1.807) is 37.5 Å². The van der Waals surface area contributed by atoms with Crippen LogP contribution in [-0.2, 0) is 9.59 Å². The molecule has 0 spiro atoms. The number of amides is 3. The van der Waals surface area contributed by atoms with Crippen LogP contribution in [0.3, 0.4) is 0 Å². The molecule has 1 aliphatic heterocycles. The van der Waals surface area contributed by atoms with Gasteiger partial charge in [-0.25, -0.2) is 0 Å². The van der Waals surface area contributed by atoms with Crippen molar-refractivity contribution >= 4 is 85.8 Å². The lowest BCUT2D eigenvalue weighted by atomic mass is 10.2. The average Bonchev–Trinajstić information content (AvgIpc) is 2.97. The van der Waals surface area contributed by atoms with Crippen molar-refractivity contribution in [3.05, 3.63) is 54.0 Å². The molecule has 1 saturated heterocycles. The third-order valence-corrected chi connectivity index (χ3v) is 6.48. The van der Waals surface area contributed by atoms with Crippen LogP contribution < -0.4 is 14.8 Å². The summed E-state index contributed by atoms with van der Waals surface area (Å²) in [6, 6.07) is 10.7. The number of anilines is 1. The summed E-state index contributed by atoms with van der Waals surface area (Å²) in [4.78, 5) is 38.7. The lowest BCUT2D eigenvalue weighted by Crippen LogP contribution is -2.36. The highest BCUT2D eigenvalue weighted by Crippen LogP contribution is 2.36. The summed E-state index contributed by atoms with van der Waals surface area (Å²) in [6.07, 6.45) is 1.62. The second kappa shape index (κ2) is 10.7. The minimum atomic E-state index is -0.507. The Labute approximate surface area is 211 Å². The van der Waals surface area contributed by atoms with Crippen LogP contribution in [0.2, 0.25) is 0 Å². The SMILES string of the molecule is CCOc1ccc(NC(=O)CN2C(=O)S/C(=C/c3cc(I)cc(I)c3OC)C2=O)cc1. The number of halogens is 2. The van der Waals surface area contributed by atoms with E-state index in [4.69, 9.17) is 9.47 Å². The number of thioether (sulfide) groups is 1. The Hall–Kier alpha value is -1.80. The molecular formula is C21H18I2N2O5S. The van der Waals surface area contributed by atoms with Gasteiger partial charge >= 0.3 is 0 Å². The quantitative estimate of drug-likeness (QED) is 0.333. The number of hydrogen-bond acceptors (Lipinski definition) is 6. The second-order valence-electron chi connectivity index (χ2n) is 6.28. The summed E-state index contributed by atoms with van der Waals surface area (Å²) in [5, 5.41) is 2.20. The smallest absolute Gasteiger partial charge is 0.294 e. The largest absolute Gasteiger partial charge is 0.495 e. The number of imide groups is 1. The highest BCUT2D eigenvalue weighted by Gasteiger charge is 2.36. The molecule has 0 bridgehead atoms. The highest BCUT2D eigenvalue weighted by molar-refractivity contribution is 14.1. The van der Waals surface area contributed by atoms with E-state index in [0.717, 1.165) is 23.8 Å². The zero-order valence-corrected chi connectivity index (χ0v) is 21.7. The van der Waals surface area contributed by atoms with Crippen LogP contribution in [0.25, 0.3) is 6.08 Å². The van der Waals surface area contributed by atoms with Crippen molar-refractivity contribution < 1.29 is 23.9 Å². The first kappa shape index (κ1) is 23.9. The molecule has 7 nitrogen and oxygen atoms in total. The highest BCUT2D eigenvalue weighted by atomic mass is 127. The molecule has 2 aromatic carbocycles. The lowest BCUT2D eigenvalue weighted by Gasteiger charge is -2.13. The topological polar surface area (TPSA) is 84.9 Å². The van der Waals surface area contributed by atoms with Crippen molar-refractivity contribution in [2.24, 2.45) is 0 Å². The van der Waals surface area contributed by atoms with E-state index in [2.05, 4.69) is 50.5 Å². The van der Waals surface area contributed by atoms with Gasteiger partial charge in [-0.3, -0.25) is 19.3 Å². The Morgan fingerprint density at radius 3 is 2.55 bits per heavy atom. The van der Waals surface area contributed by atoms with Gasteiger partial charge < -0.3 is 14.8 Å². The molecule has 1 N–H and O–H groups in total. The third kappa shape index (κ3) is 5.92. The van der Waals surface area contributed by atoms with Gasteiger partial charge in [0.05, 0.1) is 22.2 Å². The van der Waals surface area contributed by atoms with Crippen LogP contribution in [-0.4, -0.2) is 42.2 Å². The number of nitrogens with zero attached hydrogens (tertiary/aromatic N) is 1. The monoisotopic (exact) mass is 664 g/mol. The van der Waals surface area contributed by atoms with Gasteiger partial charge in [0.1, 0.15) is 18.0 Å². The van der Waals surface area contributed by atoms with Gasteiger partial charge in [-0.2, -0.15) is 0 Å². The summed E-state index contributed by atoms with van der Waals surface area (Å²) in [6.45, 7) is 2.07. The molecule has 3 rings (SSSR count). The first-order chi connectivity index (χ1) is 14.8. The lowest BCUT2D eigenvalue weighted by molar-refractivity contribution is -0.127. The summed E-state index contributed by atoms with van der Waals surface area (Å²) in [5.41, 5.74) is 1.25. The Kier molecular flexibility index (Phi) is 8.22. The number of benzene rings is 2. The van der Waals surface area contributed by atoms with Crippen molar-refractivity contribution in [2.45, 2.75) is 6.92 Å². The molecule has 1 fully saturated rings. The molecule has 0 atom stereocenters. The first-order valence-electron chi connectivity index (χ1n) is 9.13. The van der Waals surface area contributed by atoms with Crippen molar-refractivity contribution in [3.63, 3.8) is 0 Å². The van der Waals surface area contributed by atoms with Crippen LogP contribution in [0.5, 0.6) is 11.5 Å². The number of ether oxygens (including phenoxy) is 2. The molecule has 162 valence electrons. The van der Waals surface area contributed by atoms with Crippen molar-refractivity contribution in [1.82, 2.24) is 4.90 Å². The number of hydrogen-bond donors (Lipinski definition) is 1. The zero-order chi connectivity index (χ0) is 22.5. The minimum Gasteiger partial charge on any atom is -0.495 e.